The highest BCUT2D eigenvalue weighted by Gasteiger charge is 2.08. The Bertz CT molecular complexity index is 589. The van der Waals surface area contributed by atoms with E-state index >= 15 is 0 Å². The standard InChI is InChI=1S/C12H9Cl2N3O/c13-9-4-3-8(6-10(9)14)7-11-16-12(18-17-11)2-1-5-15/h3-4,6H,1-2,7H2. The van der Waals surface area contributed by atoms with Gasteiger partial charge in [0.05, 0.1) is 16.1 Å². The van der Waals surface area contributed by atoms with Crippen LogP contribution in [0.4, 0.5) is 0 Å². The van der Waals surface area contributed by atoms with Gasteiger partial charge in [0.15, 0.2) is 5.82 Å². The molecular formula is C12H9Cl2N3O. The molecule has 1 heterocycles. The quantitative estimate of drug-likeness (QED) is 0.861. The van der Waals surface area contributed by atoms with Gasteiger partial charge in [0.25, 0.3) is 0 Å². The van der Waals surface area contributed by atoms with Crippen molar-refractivity contribution in [2.45, 2.75) is 19.3 Å². The maximum absolute atomic E-state index is 8.46. The number of hydrogen-bond donors (Lipinski definition) is 0. The van der Waals surface area contributed by atoms with Crippen LogP contribution in [0, 0.1) is 11.3 Å². The topological polar surface area (TPSA) is 62.7 Å². The maximum Gasteiger partial charge on any atom is 0.227 e. The van der Waals surface area contributed by atoms with Gasteiger partial charge >= 0.3 is 0 Å². The van der Waals surface area contributed by atoms with Gasteiger partial charge in [0.1, 0.15) is 0 Å². The second kappa shape index (κ2) is 5.85. The minimum absolute atomic E-state index is 0.369. The van der Waals surface area contributed by atoms with Crippen LogP contribution < -0.4 is 0 Å². The summed E-state index contributed by atoms with van der Waals surface area (Å²) in [5, 5.41) is 13.3. The lowest BCUT2D eigenvalue weighted by molar-refractivity contribution is 0.375. The average molecular weight is 282 g/mol. The molecule has 0 bridgehead atoms. The van der Waals surface area contributed by atoms with Crippen LogP contribution in [0.2, 0.25) is 10.0 Å². The van der Waals surface area contributed by atoms with Crippen LogP contribution in [-0.4, -0.2) is 10.1 Å². The number of nitriles is 1. The summed E-state index contributed by atoms with van der Waals surface area (Å²) in [5.41, 5.74) is 0.956. The molecule has 0 fully saturated rings. The summed E-state index contributed by atoms with van der Waals surface area (Å²) in [6.07, 6.45) is 1.37. The third-order valence-corrected chi connectivity index (χ3v) is 3.05. The largest absolute Gasteiger partial charge is 0.339 e. The Morgan fingerprint density at radius 3 is 2.83 bits per heavy atom. The Labute approximate surface area is 114 Å². The Balaban J connectivity index is 2.07. The summed E-state index contributed by atoms with van der Waals surface area (Å²) in [6.45, 7) is 0. The van der Waals surface area contributed by atoms with Gasteiger partial charge in [-0.2, -0.15) is 10.2 Å². The Hall–Kier alpha value is -1.57. The second-order valence-electron chi connectivity index (χ2n) is 3.69. The first kappa shape index (κ1) is 12.9. The van der Waals surface area contributed by atoms with Gasteiger partial charge in [0, 0.05) is 19.3 Å². The van der Waals surface area contributed by atoms with Crippen LogP contribution in [0.3, 0.4) is 0 Å². The van der Waals surface area contributed by atoms with Crippen LogP contribution >= 0.6 is 23.2 Å². The smallest absolute Gasteiger partial charge is 0.227 e. The molecule has 0 atom stereocenters. The van der Waals surface area contributed by atoms with Crippen molar-refractivity contribution in [3.8, 4) is 6.07 Å². The van der Waals surface area contributed by atoms with E-state index in [0.717, 1.165) is 5.56 Å². The lowest BCUT2D eigenvalue weighted by atomic mass is 10.1. The molecule has 92 valence electrons. The summed E-state index contributed by atoms with van der Waals surface area (Å²) in [5.74, 6) is 1.05. The van der Waals surface area contributed by atoms with Crippen molar-refractivity contribution in [3.63, 3.8) is 0 Å². The number of benzene rings is 1. The van der Waals surface area contributed by atoms with Crippen molar-refractivity contribution in [2.24, 2.45) is 0 Å². The molecular weight excluding hydrogens is 273 g/mol. The predicted molar refractivity (Wildman–Crippen MR) is 67.5 cm³/mol. The van der Waals surface area contributed by atoms with Crippen molar-refractivity contribution >= 4 is 23.2 Å². The molecule has 0 saturated heterocycles. The first-order valence-electron chi connectivity index (χ1n) is 5.31. The van der Waals surface area contributed by atoms with Crippen LogP contribution in [0.5, 0.6) is 0 Å². The highest BCUT2D eigenvalue weighted by atomic mass is 35.5. The molecule has 0 radical (unpaired) electrons. The second-order valence-corrected chi connectivity index (χ2v) is 4.50. The van der Waals surface area contributed by atoms with Gasteiger partial charge < -0.3 is 4.52 Å². The van der Waals surface area contributed by atoms with Gasteiger partial charge in [-0.15, -0.1) is 0 Å². The fourth-order valence-corrected chi connectivity index (χ4v) is 1.78. The van der Waals surface area contributed by atoms with E-state index in [0.29, 0.717) is 41.0 Å². The molecule has 0 unspecified atom stereocenters. The van der Waals surface area contributed by atoms with Crippen molar-refractivity contribution in [1.82, 2.24) is 10.1 Å². The molecule has 4 nitrogen and oxygen atoms in total. The number of hydrogen-bond acceptors (Lipinski definition) is 4. The van der Waals surface area contributed by atoms with E-state index in [1.807, 2.05) is 12.1 Å². The van der Waals surface area contributed by atoms with E-state index in [9.17, 15) is 0 Å². The van der Waals surface area contributed by atoms with E-state index in [4.69, 9.17) is 33.0 Å². The molecule has 0 spiro atoms. The SMILES string of the molecule is N#CCCc1nc(Cc2ccc(Cl)c(Cl)c2)no1. The monoisotopic (exact) mass is 281 g/mol. The molecule has 1 aromatic heterocycles. The van der Waals surface area contributed by atoms with Crippen LogP contribution in [0.15, 0.2) is 22.7 Å². The number of aryl methyl sites for hydroxylation is 1. The molecule has 0 aliphatic carbocycles. The van der Waals surface area contributed by atoms with Crippen LogP contribution in [0.25, 0.3) is 0 Å². The summed E-state index contributed by atoms with van der Waals surface area (Å²) in [7, 11) is 0. The molecule has 1 aromatic carbocycles. The number of halogens is 2. The zero-order valence-electron chi connectivity index (χ0n) is 9.36. The Morgan fingerprint density at radius 2 is 2.11 bits per heavy atom. The van der Waals surface area contributed by atoms with E-state index < -0.39 is 0 Å². The molecule has 0 amide bonds. The Morgan fingerprint density at radius 1 is 1.28 bits per heavy atom. The van der Waals surface area contributed by atoms with Gasteiger partial charge in [0.2, 0.25) is 5.89 Å². The Kier molecular flexibility index (Phi) is 4.19. The first-order chi connectivity index (χ1) is 8.69. The number of rotatable bonds is 4. The van der Waals surface area contributed by atoms with E-state index in [-0.39, 0.29) is 0 Å². The molecule has 2 aromatic rings. The van der Waals surface area contributed by atoms with Gasteiger partial charge in [-0.05, 0) is 17.7 Å². The minimum atomic E-state index is 0.369. The van der Waals surface area contributed by atoms with E-state index in [2.05, 4.69) is 10.1 Å². The zero-order chi connectivity index (χ0) is 13.0. The van der Waals surface area contributed by atoms with Gasteiger partial charge in [-0.1, -0.05) is 34.4 Å². The molecule has 2 rings (SSSR count). The third-order valence-electron chi connectivity index (χ3n) is 2.31. The summed E-state index contributed by atoms with van der Waals surface area (Å²) in [4.78, 5) is 4.19. The molecule has 6 heteroatoms. The first-order valence-corrected chi connectivity index (χ1v) is 6.07. The molecule has 18 heavy (non-hydrogen) atoms. The molecule has 0 aliphatic heterocycles. The van der Waals surface area contributed by atoms with Gasteiger partial charge in [-0.3, -0.25) is 0 Å². The lowest BCUT2D eigenvalue weighted by Gasteiger charge is -1.99. The van der Waals surface area contributed by atoms with Gasteiger partial charge in [-0.25, -0.2) is 0 Å². The van der Waals surface area contributed by atoms with Crippen molar-refractivity contribution in [2.75, 3.05) is 0 Å². The van der Waals surface area contributed by atoms with Crippen molar-refractivity contribution in [3.05, 3.63) is 45.5 Å². The lowest BCUT2D eigenvalue weighted by Crippen LogP contribution is -1.92. The summed E-state index contributed by atoms with van der Waals surface area (Å²) in [6, 6.07) is 7.39. The van der Waals surface area contributed by atoms with E-state index in [1.54, 1.807) is 12.1 Å². The van der Waals surface area contributed by atoms with Crippen LogP contribution in [0.1, 0.15) is 23.7 Å². The maximum atomic E-state index is 8.46. The highest BCUT2D eigenvalue weighted by Crippen LogP contribution is 2.23. The van der Waals surface area contributed by atoms with Crippen molar-refractivity contribution < 1.29 is 4.52 Å². The average Bonchev–Trinajstić information content (AvgIpc) is 2.79. The predicted octanol–water partition coefficient (Wildman–Crippen LogP) is 3.42. The molecule has 0 aliphatic rings. The van der Waals surface area contributed by atoms with Crippen molar-refractivity contribution in [1.29, 1.82) is 5.26 Å². The number of nitrogens with zero attached hydrogens (tertiary/aromatic N) is 3. The normalized spacial score (nSPS) is 10.3. The van der Waals surface area contributed by atoms with E-state index in [1.165, 1.54) is 0 Å². The summed E-state index contributed by atoms with van der Waals surface area (Å²) < 4.78 is 5.02. The fourth-order valence-electron chi connectivity index (χ4n) is 1.46. The minimum Gasteiger partial charge on any atom is -0.339 e. The zero-order valence-corrected chi connectivity index (χ0v) is 10.9. The van der Waals surface area contributed by atoms with Crippen LogP contribution in [-0.2, 0) is 12.8 Å². The molecule has 0 N–H and O–H groups in total. The summed E-state index contributed by atoms with van der Waals surface area (Å²) >= 11 is 11.8. The third kappa shape index (κ3) is 3.22. The molecule has 0 saturated carbocycles. The highest BCUT2D eigenvalue weighted by molar-refractivity contribution is 6.42. The number of aromatic nitrogens is 2. The fraction of sp³-hybridized carbons (Fsp3) is 0.250.